The van der Waals surface area contributed by atoms with Crippen molar-refractivity contribution in [2.45, 2.75) is 180 Å². The Labute approximate surface area is 214 Å². The van der Waals surface area contributed by atoms with Crippen molar-refractivity contribution in [1.82, 2.24) is 0 Å². The van der Waals surface area contributed by atoms with Crippen LogP contribution in [0.2, 0.25) is 0 Å². The molecule has 0 saturated carbocycles. The molecule has 0 N–H and O–H groups in total. The maximum absolute atomic E-state index is 10.3. The van der Waals surface area contributed by atoms with Gasteiger partial charge >= 0.3 is 18.9 Å². The van der Waals surface area contributed by atoms with Crippen LogP contribution in [0.3, 0.4) is 0 Å². The monoisotopic (exact) mass is 444 g/mol. The van der Waals surface area contributed by atoms with E-state index < -0.39 is 5.97 Å². The van der Waals surface area contributed by atoms with Crippen LogP contribution in [-0.2, 0) is 4.79 Å². The molecule has 32 heavy (non-hydrogen) atoms. The fraction of sp³-hybridized carbons (Fsp3) is 0.966. The molecule has 0 aliphatic heterocycles. The van der Waals surface area contributed by atoms with Crippen molar-refractivity contribution in [2.75, 3.05) is 0 Å². The first-order valence-electron chi connectivity index (χ1n) is 14.5. The van der Waals surface area contributed by atoms with E-state index in [0.29, 0.717) is 0 Å². The van der Waals surface area contributed by atoms with Gasteiger partial charge in [0.1, 0.15) is 0 Å². The predicted octanol–water partition coefficient (Wildman–Crippen LogP) is 6.29. The van der Waals surface area contributed by atoms with Crippen LogP contribution in [0.15, 0.2) is 0 Å². The standard InChI is InChI=1S/C29H58O2.Li/c1-2-3-4-5-6-7-8-9-10-11-12-13-14-15-16-17-18-19-20-21-22-23-24-25-26-27-28-29(30)31;/h2-28H2,1H3,(H,30,31);/q;+1/p-1. The summed E-state index contributed by atoms with van der Waals surface area (Å²) < 4.78 is 0. The normalized spacial score (nSPS) is 10.9. The fourth-order valence-corrected chi connectivity index (χ4v) is 4.59. The molecule has 0 saturated heterocycles. The summed E-state index contributed by atoms with van der Waals surface area (Å²) in [5.41, 5.74) is 0. The van der Waals surface area contributed by atoms with Gasteiger partial charge in [0.25, 0.3) is 0 Å². The van der Waals surface area contributed by atoms with Crippen molar-refractivity contribution in [3.05, 3.63) is 0 Å². The molecule has 0 bridgehead atoms. The van der Waals surface area contributed by atoms with Crippen LogP contribution in [0, 0.1) is 0 Å². The molecule has 2 nitrogen and oxygen atoms in total. The molecule has 0 aromatic carbocycles. The van der Waals surface area contributed by atoms with Gasteiger partial charge in [-0.2, -0.15) is 0 Å². The third-order valence-electron chi connectivity index (χ3n) is 6.73. The van der Waals surface area contributed by atoms with Gasteiger partial charge in [0, 0.05) is 5.97 Å². The minimum absolute atomic E-state index is 0. The maximum atomic E-state index is 10.3. The Morgan fingerprint density at radius 2 is 0.594 bits per heavy atom. The Hall–Kier alpha value is 0.0674. The van der Waals surface area contributed by atoms with Gasteiger partial charge in [-0.3, -0.25) is 0 Å². The summed E-state index contributed by atoms with van der Waals surface area (Å²) in [7, 11) is 0. The molecule has 0 amide bonds. The minimum atomic E-state index is -0.899. The quantitative estimate of drug-likeness (QED) is 0.110. The van der Waals surface area contributed by atoms with Gasteiger partial charge in [-0.05, 0) is 12.8 Å². The summed E-state index contributed by atoms with van der Waals surface area (Å²) >= 11 is 0. The Balaban J connectivity index is 0. The molecule has 0 fully saturated rings. The Bertz CT molecular complexity index is 346. The van der Waals surface area contributed by atoms with Gasteiger partial charge < -0.3 is 9.90 Å². The number of carboxylic acids is 1. The van der Waals surface area contributed by atoms with Crippen molar-refractivity contribution in [3.8, 4) is 0 Å². The van der Waals surface area contributed by atoms with Crippen LogP contribution >= 0.6 is 0 Å². The number of hydrogen-bond donors (Lipinski definition) is 0. The van der Waals surface area contributed by atoms with E-state index in [9.17, 15) is 9.90 Å². The summed E-state index contributed by atoms with van der Waals surface area (Å²) in [6.45, 7) is 2.29. The second-order valence-electron chi connectivity index (χ2n) is 9.96. The van der Waals surface area contributed by atoms with E-state index in [4.69, 9.17) is 0 Å². The second-order valence-corrected chi connectivity index (χ2v) is 9.96. The molecule has 0 atom stereocenters. The van der Waals surface area contributed by atoms with E-state index in [-0.39, 0.29) is 25.3 Å². The van der Waals surface area contributed by atoms with Crippen LogP contribution in [0.25, 0.3) is 0 Å². The van der Waals surface area contributed by atoms with Gasteiger partial charge in [-0.15, -0.1) is 0 Å². The number of aliphatic carboxylic acids is 1. The molecule has 0 unspecified atom stereocenters. The van der Waals surface area contributed by atoms with Crippen LogP contribution in [0.4, 0.5) is 0 Å². The molecule has 186 valence electrons. The molecule has 0 aliphatic rings. The molecule has 0 aliphatic carbocycles. The number of rotatable bonds is 27. The third kappa shape index (κ3) is 32.2. The fourth-order valence-electron chi connectivity index (χ4n) is 4.59. The summed E-state index contributed by atoms with van der Waals surface area (Å²) in [4.78, 5) is 10.3. The van der Waals surface area contributed by atoms with E-state index in [2.05, 4.69) is 6.92 Å². The molecule has 3 heteroatoms. The van der Waals surface area contributed by atoms with Crippen LogP contribution in [-0.4, -0.2) is 5.97 Å². The Morgan fingerprint density at radius 3 is 0.781 bits per heavy atom. The molecule has 0 heterocycles. The number of unbranched alkanes of at least 4 members (excludes halogenated alkanes) is 25. The average Bonchev–Trinajstić information content (AvgIpc) is 2.76. The molecular weight excluding hydrogens is 387 g/mol. The number of hydrogen-bond acceptors (Lipinski definition) is 2. The number of carbonyl (C=O) groups excluding carboxylic acids is 1. The van der Waals surface area contributed by atoms with Crippen LogP contribution in [0.1, 0.15) is 180 Å². The third-order valence-corrected chi connectivity index (χ3v) is 6.73. The zero-order valence-corrected chi connectivity index (χ0v) is 22.4. The van der Waals surface area contributed by atoms with Crippen molar-refractivity contribution in [2.24, 2.45) is 0 Å². The zero-order valence-electron chi connectivity index (χ0n) is 22.4. The van der Waals surface area contributed by atoms with Crippen molar-refractivity contribution < 1.29 is 28.8 Å². The summed E-state index contributed by atoms with van der Waals surface area (Å²) in [5.74, 6) is -0.899. The van der Waals surface area contributed by atoms with Crippen LogP contribution in [0.5, 0.6) is 0 Å². The average molecular weight is 445 g/mol. The smallest absolute Gasteiger partial charge is 0.550 e. The van der Waals surface area contributed by atoms with Crippen molar-refractivity contribution in [1.29, 1.82) is 0 Å². The SMILES string of the molecule is CCCCCCCCCCCCCCCCCCCCCCCCCCCCC(=O)[O-].[Li+]. The van der Waals surface area contributed by atoms with Crippen molar-refractivity contribution in [3.63, 3.8) is 0 Å². The van der Waals surface area contributed by atoms with E-state index in [0.717, 1.165) is 12.8 Å². The largest absolute Gasteiger partial charge is 1.00 e. The summed E-state index contributed by atoms with van der Waals surface area (Å²) in [6.07, 6.45) is 36.1. The van der Waals surface area contributed by atoms with Gasteiger partial charge in [-0.25, -0.2) is 0 Å². The van der Waals surface area contributed by atoms with E-state index in [1.54, 1.807) is 0 Å². The predicted molar refractivity (Wildman–Crippen MR) is 135 cm³/mol. The van der Waals surface area contributed by atoms with E-state index in [1.807, 2.05) is 0 Å². The first-order chi connectivity index (χ1) is 15.3. The topological polar surface area (TPSA) is 40.1 Å². The maximum Gasteiger partial charge on any atom is 1.00 e. The number of carboxylic acid groups (broad SMARTS) is 1. The van der Waals surface area contributed by atoms with Gasteiger partial charge in [0.05, 0.1) is 0 Å². The second kappa shape index (κ2) is 31.1. The van der Waals surface area contributed by atoms with Crippen LogP contribution < -0.4 is 24.0 Å². The molecule has 0 spiro atoms. The first kappa shape index (κ1) is 34.2. The Kier molecular flexibility index (Phi) is 33.2. The Morgan fingerprint density at radius 1 is 0.406 bits per heavy atom. The minimum Gasteiger partial charge on any atom is -0.550 e. The molecular formula is C29H57LiO2. The molecule has 0 rings (SSSR count). The van der Waals surface area contributed by atoms with Crippen molar-refractivity contribution >= 4 is 5.97 Å². The van der Waals surface area contributed by atoms with Gasteiger partial charge in [0.15, 0.2) is 0 Å². The summed E-state index contributed by atoms with van der Waals surface area (Å²) in [6, 6.07) is 0. The van der Waals surface area contributed by atoms with Gasteiger partial charge in [0.2, 0.25) is 0 Å². The zero-order chi connectivity index (χ0) is 22.7. The first-order valence-corrected chi connectivity index (χ1v) is 14.5. The summed E-state index contributed by atoms with van der Waals surface area (Å²) in [5, 5.41) is 10.3. The molecule has 0 aromatic heterocycles. The number of carbonyl (C=O) groups is 1. The van der Waals surface area contributed by atoms with Gasteiger partial charge in [-0.1, -0.05) is 167 Å². The van der Waals surface area contributed by atoms with E-state index in [1.165, 1.54) is 154 Å². The van der Waals surface area contributed by atoms with E-state index >= 15 is 0 Å². The molecule has 0 radical (unpaired) electrons. The molecule has 0 aromatic rings.